The average Bonchev–Trinajstić information content (AvgIpc) is 2.84. The molecule has 2 unspecified atom stereocenters. The number of methoxy groups -OCH3 is 1. The minimum absolute atomic E-state index is 0.0435. The van der Waals surface area contributed by atoms with Crippen molar-refractivity contribution in [1.29, 1.82) is 0 Å². The summed E-state index contributed by atoms with van der Waals surface area (Å²) in [6.45, 7) is 3.46. The van der Waals surface area contributed by atoms with Gasteiger partial charge in [-0.25, -0.2) is 0 Å². The number of amides is 2. The second-order valence-corrected chi connectivity index (χ2v) is 7.92. The first-order valence-electron chi connectivity index (χ1n) is 10.5. The Bertz CT molecular complexity index is 863. The van der Waals surface area contributed by atoms with Gasteiger partial charge in [0.15, 0.2) is 0 Å². The highest BCUT2D eigenvalue weighted by atomic mass is 16.5. The first kappa shape index (κ1) is 20.4. The van der Waals surface area contributed by atoms with Crippen molar-refractivity contribution in [2.75, 3.05) is 46.5 Å². The van der Waals surface area contributed by atoms with Crippen molar-refractivity contribution >= 4 is 11.8 Å². The number of likely N-dealkylation sites (tertiary alicyclic amines) is 1. The van der Waals surface area contributed by atoms with Crippen LogP contribution in [0, 0.1) is 5.92 Å². The van der Waals surface area contributed by atoms with Gasteiger partial charge in [0, 0.05) is 37.7 Å². The van der Waals surface area contributed by atoms with E-state index in [1.54, 1.807) is 31.4 Å². The minimum Gasteiger partial charge on any atom is -0.497 e. The van der Waals surface area contributed by atoms with Crippen LogP contribution >= 0.6 is 0 Å². The second kappa shape index (κ2) is 9.30. The summed E-state index contributed by atoms with van der Waals surface area (Å²) in [6, 6.07) is 17.3. The highest BCUT2D eigenvalue weighted by Crippen LogP contribution is 2.32. The minimum atomic E-state index is -0.204. The van der Waals surface area contributed by atoms with Crippen LogP contribution in [-0.2, 0) is 9.53 Å². The number of hydrogen-bond acceptors (Lipinski definition) is 4. The summed E-state index contributed by atoms with van der Waals surface area (Å²) in [5.74, 6) is 0.735. The van der Waals surface area contributed by atoms with Crippen molar-refractivity contribution in [2.24, 2.45) is 5.92 Å². The molecular formula is C24H28N2O4. The first-order chi connectivity index (χ1) is 14.7. The third kappa shape index (κ3) is 4.49. The summed E-state index contributed by atoms with van der Waals surface area (Å²) in [7, 11) is 1.60. The smallest absolute Gasteiger partial charge is 0.253 e. The molecule has 0 aliphatic carbocycles. The molecule has 2 saturated heterocycles. The lowest BCUT2D eigenvalue weighted by Gasteiger charge is -2.40. The number of piperidine rings is 1. The first-order valence-corrected chi connectivity index (χ1v) is 10.5. The van der Waals surface area contributed by atoms with Gasteiger partial charge < -0.3 is 19.3 Å². The Morgan fingerprint density at radius 2 is 1.63 bits per heavy atom. The fraction of sp³-hybridized carbons (Fsp3) is 0.417. The van der Waals surface area contributed by atoms with E-state index in [1.807, 2.05) is 28.0 Å². The Morgan fingerprint density at radius 3 is 2.30 bits per heavy atom. The monoisotopic (exact) mass is 408 g/mol. The molecule has 0 saturated carbocycles. The normalized spacial score (nSPS) is 21.9. The van der Waals surface area contributed by atoms with Gasteiger partial charge in [-0.05, 0) is 36.2 Å². The van der Waals surface area contributed by atoms with Crippen LogP contribution in [0.4, 0.5) is 0 Å². The predicted molar refractivity (Wildman–Crippen MR) is 114 cm³/mol. The number of benzene rings is 2. The Labute approximate surface area is 177 Å². The molecule has 30 heavy (non-hydrogen) atoms. The van der Waals surface area contributed by atoms with E-state index in [0.29, 0.717) is 50.7 Å². The van der Waals surface area contributed by atoms with Crippen LogP contribution in [0.25, 0.3) is 0 Å². The van der Waals surface area contributed by atoms with Gasteiger partial charge in [0.05, 0.1) is 26.2 Å². The lowest BCUT2D eigenvalue weighted by molar-refractivity contribution is -0.141. The fourth-order valence-electron chi connectivity index (χ4n) is 4.37. The second-order valence-electron chi connectivity index (χ2n) is 7.92. The van der Waals surface area contributed by atoms with Crippen molar-refractivity contribution in [2.45, 2.75) is 12.3 Å². The standard InChI is InChI=1S/C24H28N2O4/c1-29-22-9-7-19(8-10-22)23(27)26-16-20(18-5-3-2-4-6-18)15-21(17-26)24(28)25-11-13-30-14-12-25/h2-10,20-21H,11-17H2,1H3. The Hall–Kier alpha value is -2.86. The zero-order chi connectivity index (χ0) is 20.9. The molecule has 0 N–H and O–H groups in total. The van der Waals surface area contributed by atoms with Gasteiger partial charge in [-0.2, -0.15) is 0 Å². The number of nitrogens with zero attached hydrogens (tertiary/aromatic N) is 2. The van der Waals surface area contributed by atoms with Gasteiger partial charge in [0.25, 0.3) is 5.91 Å². The summed E-state index contributed by atoms with van der Waals surface area (Å²) in [6.07, 6.45) is 0.757. The summed E-state index contributed by atoms with van der Waals surface area (Å²) in [4.78, 5) is 30.2. The largest absolute Gasteiger partial charge is 0.497 e. The van der Waals surface area contributed by atoms with E-state index in [1.165, 1.54) is 5.56 Å². The summed E-state index contributed by atoms with van der Waals surface area (Å²) in [5.41, 5.74) is 1.78. The molecule has 2 aromatic rings. The number of hydrogen-bond donors (Lipinski definition) is 0. The SMILES string of the molecule is COc1ccc(C(=O)N2CC(C(=O)N3CCOCC3)CC(c3ccccc3)C2)cc1. The third-order valence-corrected chi connectivity index (χ3v) is 6.02. The zero-order valence-corrected chi connectivity index (χ0v) is 17.3. The van der Waals surface area contributed by atoms with E-state index in [0.717, 1.165) is 6.42 Å². The van der Waals surface area contributed by atoms with Gasteiger partial charge in [-0.3, -0.25) is 9.59 Å². The van der Waals surface area contributed by atoms with Gasteiger partial charge in [-0.15, -0.1) is 0 Å². The van der Waals surface area contributed by atoms with Crippen LogP contribution in [-0.4, -0.2) is 68.1 Å². The van der Waals surface area contributed by atoms with Crippen molar-refractivity contribution in [3.8, 4) is 5.75 Å². The lowest BCUT2D eigenvalue weighted by atomic mass is 9.83. The molecule has 6 heteroatoms. The van der Waals surface area contributed by atoms with Crippen molar-refractivity contribution in [1.82, 2.24) is 9.80 Å². The molecule has 6 nitrogen and oxygen atoms in total. The summed E-state index contributed by atoms with van der Waals surface area (Å²) < 4.78 is 10.6. The van der Waals surface area contributed by atoms with E-state index < -0.39 is 0 Å². The lowest BCUT2D eigenvalue weighted by Crippen LogP contribution is -2.51. The van der Waals surface area contributed by atoms with Gasteiger partial charge in [0.1, 0.15) is 5.75 Å². The molecule has 0 aromatic heterocycles. The number of carbonyl (C=O) groups excluding carboxylic acids is 2. The summed E-state index contributed by atoms with van der Waals surface area (Å²) >= 11 is 0. The number of ether oxygens (including phenoxy) is 2. The van der Waals surface area contributed by atoms with E-state index >= 15 is 0 Å². The van der Waals surface area contributed by atoms with Crippen LogP contribution in [0.5, 0.6) is 5.75 Å². The van der Waals surface area contributed by atoms with Crippen molar-refractivity contribution in [3.05, 3.63) is 65.7 Å². The van der Waals surface area contributed by atoms with Crippen LogP contribution < -0.4 is 4.74 Å². The van der Waals surface area contributed by atoms with E-state index in [2.05, 4.69) is 12.1 Å². The van der Waals surface area contributed by atoms with Gasteiger partial charge in [0.2, 0.25) is 5.91 Å². The number of carbonyl (C=O) groups is 2. The number of morpholine rings is 1. The zero-order valence-electron chi connectivity index (χ0n) is 17.3. The van der Waals surface area contributed by atoms with E-state index in [4.69, 9.17) is 9.47 Å². The molecule has 2 amide bonds. The Balaban J connectivity index is 1.56. The van der Waals surface area contributed by atoms with E-state index in [9.17, 15) is 9.59 Å². The molecule has 2 aliphatic heterocycles. The highest BCUT2D eigenvalue weighted by Gasteiger charge is 2.37. The van der Waals surface area contributed by atoms with E-state index in [-0.39, 0.29) is 23.7 Å². The molecule has 2 aromatic carbocycles. The maximum Gasteiger partial charge on any atom is 0.253 e. The molecule has 0 spiro atoms. The van der Waals surface area contributed by atoms with Crippen LogP contribution in [0.3, 0.4) is 0 Å². The highest BCUT2D eigenvalue weighted by molar-refractivity contribution is 5.95. The fourth-order valence-corrected chi connectivity index (χ4v) is 4.37. The molecular weight excluding hydrogens is 380 g/mol. The van der Waals surface area contributed by atoms with Crippen LogP contribution in [0.15, 0.2) is 54.6 Å². The molecule has 2 atom stereocenters. The molecule has 2 fully saturated rings. The summed E-state index contributed by atoms with van der Waals surface area (Å²) in [5, 5.41) is 0. The molecule has 0 bridgehead atoms. The van der Waals surface area contributed by atoms with Crippen LogP contribution in [0.2, 0.25) is 0 Å². The third-order valence-electron chi connectivity index (χ3n) is 6.02. The Morgan fingerprint density at radius 1 is 0.933 bits per heavy atom. The molecule has 0 radical (unpaired) electrons. The molecule has 2 aliphatic rings. The maximum absolute atomic E-state index is 13.3. The predicted octanol–water partition coefficient (Wildman–Crippen LogP) is 2.80. The topological polar surface area (TPSA) is 59.1 Å². The van der Waals surface area contributed by atoms with Crippen molar-refractivity contribution < 1.29 is 19.1 Å². The van der Waals surface area contributed by atoms with Crippen LogP contribution in [0.1, 0.15) is 28.3 Å². The average molecular weight is 408 g/mol. The Kier molecular flexibility index (Phi) is 6.33. The maximum atomic E-state index is 13.3. The van der Waals surface area contributed by atoms with Crippen molar-refractivity contribution in [3.63, 3.8) is 0 Å². The molecule has 2 heterocycles. The molecule has 4 rings (SSSR count). The quantitative estimate of drug-likeness (QED) is 0.781. The van der Waals surface area contributed by atoms with Gasteiger partial charge >= 0.3 is 0 Å². The van der Waals surface area contributed by atoms with Gasteiger partial charge in [-0.1, -0.05) is 30.3 Å². The molecule has 158 valence electrons. The number of rotatable bonds is 4.